The number of H-pyrrole nitrogens is 1. The van der Waals surface area contributed by atoms with Gasteiger partial charge in [-0.1, -0.05) is 36.4 Å². The Kier molecular flexibility index (Phi) is 3.71. The Bertz CT molecular complexity index is 668. The van der Waals surface area contributed by atoms with E-state index in [0.717, 1.165) is 16.5 Å². The molecule has 0 radical (unpaired) electrons. The predicted octanol–water partition coefficient (Wildman–Crippen LogP) is -0.602. The molecule has 0 spiro atoms. The van der Waals surface area contributed by atoms with Gasteiger partial charge in [0.05, 0.1) is 0 Å². The maximum Gasteiger partial charge on any atom is 1.00 e. The van der Waals surface area contributed by atoms with Gasteiger partial charge in [0, 0.05) is 11.5 Å². The summed E-state index contributed by atoms with van der Waals surface area (Å²) in [5.74, 6) is 0.0503. The van der Waals surface area contributed by atoms with Crippen molar-refractivity contribution in [1.29, 1.82) is 0 Å². The molecule has 2 nitrogen and oxygen atoms in total. The van der Waals surface area contributed by atoms with Crippen LogP contribution in [0.3, 0.4) is 0 Å². The molecule has 3 rings (SSSR count). The fourth-order valence-electron chi connectivity index (χ4n) is 2.01. The van der Waals surface area contributed by atoms with Gasteiger partial charge >= 0.3 is 18.9 Å². The summed E-state index contributed by atoms with van der Waals surface area (Å²) < 4.78 is 0. The predicted molar refractivity (Wildman–Crippen MR) is 65.4 cm³/mol. The average molecular weight is 228 g/mol. The van der Waals surface area contributed by atoms with E-state index < -0.39 is 0 Å². The normalized spacial score (nSPS) is 10.0. The number of benzene rings is 2. The van der Waals surface area contributed by atoms with Crippen LogP contribution >= 0.6 is 0 Å². The number of rotatable bonds is 1. The topological polar surface area (TPSA) is 37.2 Å². The number of pyridine rings is 1. The van der Waals surface area contributed by atoms with Crippen molar-refractivity contribution in [2.24, 2.45) is 0 Å². The second-order valence-electron chi connectivity index (χ2n) is 3.94. The SMILES string of the molecule is [Li+].[O-]c1c(-c2ccccc2)ccc2ccc[nH+]c12. The number of nitrogens with one attached hydrogen (secondary N) is 1. The summed E-state index contributed by atoms with van der Waals surface area (Å²) in [6.07, 6.45) is 1.78. The van der Waals surface area contributed by atoms with Gasteiger partial charge in [0.1, 0.15) is 0 Å². The van der Waals surface area contributed by atoms with E-state index in [4.69, 9.17) is 0 Å². The van der Waals surface area contributed by atoms with E-state index >= 15 is 0 Å². The maximum absolute atomic E-state index is 12.3. The first-order valence-electron chi connectivity index (χ1n) is 5.52. The molecule has 0 fully saturated rings. The van der Waals surface area contributed by atoms with Gasteiger partial charge in [0.2, 0.25) is 5.52 Å². The van der Waals surface area contributed by atoms with Crippen LogP contribution in [0.25, 0.3) is 22.0 Å². The summed E-state index contributed by atoms with van der Waals surface area (Å²) in [5.41, 5.74) is 2.35. The molecule has 0 amide bonds. The second kappa shape index (κ2) is 5.26. The zero-order valence-electron chi connectivity index (χ0n) is 10.2. The van der Waals surface area contributed by atoms with Crippen molar-refractivity contribution in [2.75, 3.05) is 0 Å². The molecule has 0 atom stereocenters. The van der Waals surface area contributed by atoms with Crippen molar-refractivity contribution in [3.8, 4) is 16.9 Å². The first-order valence-corrected chi connectivity index (χ1v) is 5.52. The first kappa shape index (κ1) is 12.7. The standard InChI is InChI=1S/C15H11NO.Li/c17-15-13(11-5-2-1-3-6-11)9-8-12-7-4-10-16-14(12)15;/h1-10,17H;/q;+1. The zero-order chi connectivity index (χ0) is 11.7. The number of fused-ring (bicyclic) bond motifs is 1. The number of hydrogen-bond acceptors (Lipinski definition) is 1. The molecule has 3 heteroatoms. The van der Waals surface area contributed by atoms with E-state index in [0.29, 0.717) is 5.52 Å². The van der Waals surface area contributed by atoms with E-state index in [1.807, 2.05) is 54.6 Å². The van der Waals surface area contributed by atoms with Gasteiger partial charge < -0.3 is 5.11 Å². The van der Waals surface area contributed by atoms with Gasteiger partial charge in [-0.15, -0.1) is 0 Å². The molecule has 18 heavy (non-hydrogen) atoms. The molecule has 0 aliphatic rings. The number of aromatic nitrogens is 1. The van der Waals surface area contributed by atoms with Crippen LogP contribution in [0, 0.1) is 0 Å². The van der Waals surface area contributed by atoms with Crippen LogP contribution in [0.1, 0.15) is 0 Å². The third-order valence-corrected chi connectivity index (χ3v) is 2.87. The largest absolute Gasteiger partial charge is 1.00 e. The summed E-state index contributed by atoms with van der Waals surface area (Å²) >= 11 is 0. The summed E-state index contributed by atoms with van der Waals surface area (Å²) in [4.78, 5) is 3.02. The third kappa shape index (κ3) is 2.13. The van der Waals surface area contributed by atoms with Gasteiger partial charge in [-0.05, 0) is 29.0 Å². The Labute approximate surface area is 117 Å². The Hall–Kier alpha value is -1.75. The van der Waals surface area contributed by atoms with E-state index in [1.165, 1.54) is 0 Å². The molecule has 0 unspecified atom stereocenters. The third-order valence-electron chi connectivity index (χ3n) is 2.87. The fourth-order valence-corrected chi connectivity index (χ4v) is 2.01. The Morgan fingerprint density at radius 1 is 0.833 bits per heavy atom. The van der Waals surface area contributed by atoms with Crippen LogP contribution in [0.15, 0.2) is 60.8 Å². The molecule has 1 heterocycles. The molecule has 0 aliphatic heterocycles. The zero-order valence-corrected chi connectivity index (χ0v) is 10.2. The smallest absolute Gasteiger partial charge is 0.868 e. The molecule has 2 aromatic carbocycles. The summed E-state index contributed by atoms with van der Waals surface area (Å²) in [6, 6.07) is 17.4. The van der Waals surface area contributed by atoms with Crippen molar-refractivity contribution >= 4 is 10.9 Å². The minimum absolute atomic E-state index is 0. The molecule has 1 N–H and O–H groups in total. The van der Waals surface area contributed by atoms with Gasteiger partial charge in [-0.25, -0.2) is 4.98 Å². The minimum Gasteiger partial charge on any atom is -0.868 e. The van der Waals surface area contributed by atoms with Crippen LogP contribution in [0.4, 0.5) is 0 Å². The van der Waals surface area contributed by atoms with Crippen LogP contribution in [0.5, 0.6) is 5.75 Å². The van der Waals surface area contributed by atoms with Crippen LogP contribution in [0.2, 0.25) is 0 Å². The molecule has 1 aromatic heterocycles. The molecule has 82 valence electrons. The molecule has 0 bridgehead atoms. The van der Waals surface area contributed by atoms with Gasteiger partial charge in [0.15, 0.2) is 6.20 Å². The molecule has 3 aromatic rings. The maximum atomic E-state index is 12.3. The average Bonchev–Trinajstić information content (AvgIpc) is 2.40. The van der Waals surface area contributed by atoms with E-state index in [-0.39, 0.29) is 24.6 Å². The van der Waals surface area contributed by atoms with Crippen molar-refractivity contribution < 1.29 is 29.0 Å². The minimum atomic E-state index is 0. The number of aromatic amines is 1. The van der Waals surface area contributed by atoms with Crippen molar-refractivity contribution in [1.82, 2.24) is 0 Å². The van der Waals surface area contributed by atoms with Crippen molar-refractivity contribution in [3.63, 3.8) is 0 Å². The van der Waals surface area contributed by atoms with Gasteiger partial charge in [-0.2, -0.15) is 0 Å². The molecule has 0 aliphatic carbocycles. The van der Waals surface area contributed by atoms with Gasteiger partial charge in [-0.3, -0.25) is 0 Å². The molecule has 0 saturated heterocycles. The van der Waals surface area contributed by atoms with E-state index in [9.17, 15) is 5.11 Å². The van der Waals surface area contributed by atoms with Crippen LogP contribution in [-0.4, -0.2) is 0 Å². The van der Waals surface area contributed by atoms with E-state index in [2.05, 4.69) is 4.98 Å². The Morgan fingerprint density at radius 2 is 1.61 bits per heavy atom. The Morgan fingerprint density at radius 3 is 2.39 bits per heavy atom. The Balaban J connectivity index is 0.00000120. The van der Waals surface area contributed by atoms with Gasteiger partial charge in [0.25, 0.3) is 0 Å². The molecule has 0 saturated carbocycles. The monoisotopic (exact) mass is 228 g/mol. The summed E-state index contributed by atoms with van der Waals surface area (Å²) in [7, 11) is 0. The van der Waals surface area contributed by atoms with Crippen LogP contribution < -0.4 is 29.0 Å². The summed E-state index contributed by atoms with van der Waals surface area (Å²) in [6.45, 7) is 0. The van der Waals surface area contributed by atoms with E-state index in [1.54, 1.807) is 6.20 Å². The van der Waals surface area contributed by atoms with Crippen molar-refractivity contribution in [2.45, 2.75) is 0 Å². The molecular weight excluding hydrogens is 217 g/mol. The van der Waals surface area contributed by atoms with Crippen LogP contribution in [-0.2, 0) is 0 Å². The fraction of sp³-hybridized carbons (Fsp3) is 0. The first-order chi connectivity index (χ1) is 8.36. The number of hydrogen-bond donors (Lipinski definition) is 0. The van der Waals surface area contributed by atoms with Crippen molar-refractivity contribution in [3.05, 3.63) is 60.8 Å². The molecular formula is C15H11LiNO+. The quantitative estimate of drug-likeness (QED) is 0.512. The summed E-state index contributed by atoms with van der Waals surface area (Å²) in [5, 5.41) is 13.2. The second-order valence-corrected chi connectivity index (χ2v) is 3.94.